The van der Waals surface area contributed by atoms with Gasteiger partial charge in [0.1, 0.15) is 0 Å². The number of nitrogens with zero attached hydrogens (tertiary/aromatic N) is 3. The van der Waals surface area contributed by atoms with Crippen molar-refractivity contribution in [3.05, 3.63) is 16.1 Å². The van der Waals surface area contributed by atoms with Crippen molar-refractivity contribution >= 4 is 41.3 Å². The summed E-state index contributed by atoms with van der Waals surface area (Å²) in [5, 5.41) is 6.67. The molecule has 7 heteroatoms. The van der Waals surface area contributed by atoms with E-state index in [0.29, 0.717) is 18.4 Å². The molecule has 2 rings (SSSR count). The van der Waals surface area contributed by atoms with Gasteiger partial charge in [-0.2, -0.15) is 0 Å². The molecular weight excluding hydrogens is 423 g/mol. The lowest BCUT2D eigenvalue weighted by molar-refractivity contribution is 0.181. The van der Waals surface area contributed by atoms with Crippen molar-refractivity contribution in [1.82, 2.24) is 15.2 Å². The molecule has 1 atom stereocenters. The van der Waals surface area contributed by atoms with Gasteiger partial charge in [-0.05, 0) is 13.3 Å². The van der Waals surface area contributed by atoms with Gasteiger partial charge in [0.25, 0.3) is 0 Å². The maximum absolute atomic E-state index is 5.46. The molecule has 132 valence electrons. The fourth-order valence-electron chi connectivity index (χ4n) is 2.49. The summed E-state index contributed by atoms with van der Waals surface area (Å²) in [6.45, 7) is 10.7. The van der Waals surface area contributed by atoms with Crippen LogP contribution >= 0.6 is 35.3 Å². The van der Waals surface area contributed by atoms with E-state index in [4.69, 9.17) is 9.73 Å². The second-order valence-corrected chi connectivity index (χ2v) is 7.00. The molecule has 1 aromatic heterocycles. The zero-order valence-corrected chi connectivity index (χ0v) is 17.7. The number of hydrogen-bond acceptors (Lipinski definition) is 4. The second kappa shape index (κ2) is 10.5. The van der Waals surface area contributed by atoms with Crippen molar-refractivity contribution in [3.8, 4) is 0 Å². The van der Waals surface area contributed by atoms with E-state index in [0.717, 1.165) is 44.4 Å². The van der Waals surface area contributed by atoms with Gasteiger partial charge < -0.3 is 15.0 Å². The minimum absolute atomic E-state index is 0. The summed E-state index contributed by atoms with van der Waals surface area (Å²) in [4.78, 5) is 11.6. The highest BCUT2D eigenvalue weighted by Crippen LogP contribution is 2.19. The highest BCUT2D eigenvalue weighted by molar-refractivity contribution is 14.0. The lowest BCUT2D eigenvalue weighted by atomic mass is 10.1. The average molecular weight is 452 g/mol. The van der Waals surface area contributed by atoms with Crippen molar-refractivity contribution in [2.24, 2.45) is 10.9 Å². The Bertz CT molecular complexity index is 486. The first-order valence-corrected chi connectivity index (χ1v) is 8.99. The molecule has 1 aromatic rings. The molecule has 0 saturated carbocycles. The minimum Gasteiger partial charge on any atom is -0.381 e. The van der Waals surface area contributed by atoms with Crippen LogP contribution in [-0.2, 0) is 11.3 Å². The first kappa shape index (κ1) is 20.6. The van der Waals surface area contributed by atoms with Crippen molar-refractivity contribution in [2.75, 3.05) is 33.4 Å². The van der Waals surface area contributed by atoms with E-state index in [2.05, 4.69) is 48.4 Å². The lowest BCUT2D eigenvalue weighted by Gasteiger charge is -2.24. The van der Waals surface area contributed by atoms with Crippen molar-refractivity contribution < 1.29 is 4.74 Å². The zero-order chi connectivity index (χ0) is 15.9. The summed E-state index contributed by atoms with van der Waals surface area (Å²) in [7, 11) is 2.10. The van der Waals surface area contributed by atoms with Gasteiger partial charge in [0, 0.05) is 44.0 Å². The van der Waals surface area contributed by atoms with E-state index in [-0.39, 0.29) is 24.0 Å². The molecule has 2 heterocycles. The lowest BCUT2D eigenvalue weighted by Crippen LogP contribution is -2.41. The quantitative estimate of drug-likeness (QED) is 0.409. The summed E-state index contributed by atoms with van der Waals surface area (Å²) in [5.41, 5.74) is 1.06. The van der Waals surface area contributed by atoms with Crippen LogP contribution in [0.1, 0.15) is 43.8 Å². The van der Waals surface area contributed by atoms with E-state index in [1.807, 2.05) is 0 Å². The Morgan fingerprint density at radius 2 is 2.35 bits per heavy atom. The van der Waals surface area contributed by atoms with E-state index in [9.17, 15) is 0 Å². The number of rotatable bonds is 6. The van der Waals surface area contributed by atoms with Crippen LogP contribution in [0.2, 0.25) is 0 Å². The Hall–Kier alpha value is -0.410. The molecule has 0 aliphatic carbocycles. The number of aromatic nitrogens is 1. The average Bonchev–Trinajstić information content (AvgIpc) is 3.14. The summed E-state index contributed by atoms with van der Waals surface area (Å²) in [6.07, 6.45) is 1.15. The third-order valence-corrected chi connectivity index (χ3v) is 4.90. The van der Waals surface area contributed by atoms with E-state index < -0.39 is 0 Å². The Labute approximate surface area is 160 Å². The smallest absolute Gasteiger partial charge is 0.194 e. The number of aliphatic imine (C=N–C) groups is 1. The highest BCUT2D eigenvalue weighted by Gasteiger charge is 2.19. The summed E-state index contributed by atoms with van der Waals surface area (Å²) in [6, 6.07) is 0. The SMILES string of the molecule is CCNC(=NCc1csc(C(C)C)n1)N(C)CC1CCOC1.I. The minimum atomic E-state index is 0. The van der Waals surface area contributed by atoms with Gasteiger partial charge >= 0.3 is 0 Å². The second-order valence-electron chi connectivity index (χ2n) is 6.11. The third-order valence-electron chi connectivity index (χ3n) is 3.71. The maximum atomic E-state index is 5.46. The Kier molecular flexibility index (Phi) is 9.38. The number of halogens is 1. The van der Waals surface area contributed by atoms with Crippen LogP contribution in [0, 0.1) is 5.92 Å². The number of ether oxygens (including phenoxy) is 1. The Morgan fingerprint density at radius 1 is 1.57 bits per heavy atom. The molecule has 0 amide bonds. The molecule has 1 fully saturated rings. The first-order valence-electron chi connectivity index (χ1n) is 8.11. The van der Waals surface area contributed by atoms with Gasteiger partial charge in [0.05, 0.1) is 23.9 Å². The summed E-state index contributed by atoms with van der Waals surface area (Å²) in [5.74, 6) is 2.05. The maximum Gasteiger partial charge on any atom is 0.194 e. The largest absolute Gasteiger partial charge is 0.381 e. The van der Waals surface area contributed by atoms with E-state index in [1.54, 1.807) is 11.3 Å². The van der Waals surface area contributed by atoms with Crippen molar-refractivity contribution in [2.45, 2.75) is 39.7 Å². The third kappa shape index (κ3) is 6.54. The normalized spacial score (nSPS) is 18.1. The van der Waals surface area contributed by atoms with Crippen LogP contribution in [0.15, 0.2) is 10.4 Å². The van der Waals surface area contributed by atoms with Crippen molar-refractivity contribution in [3.63, 3.8) is 0 Å². The van der Waals surface area contributed by atoms with Gasteiger partial charge in [-0.25, -0.2) is 9.98 Å². The van der Waals surface area contributed by atoms with Crippen LogP contribution in [-0.4, -0.2) is 49.2 Å². The van der Waals surface area contributed by atoms with Crippen LogP contribution in [0.3, 0.4) is 0 Å². The van der Waals surface area contributed by atoms with Gasteiger partial charge in [-0.15, -0.1) is 35.3 Å². The molecule has 1 aliphatic rings. The predicted octanol–water partition coefficient (Wildman–Crippen LogP) is 3.32. The number of nitrogens with one attached hydrogen (secondary N) is 1. The van der Waals surface area contributed by atoms with Gasteiger partial charge in [-0.3, -0.25) is 0 Å². The number of thiazole rings is 1. The molecule has 0 bridgehead atoms. The van der Waals surface area contributed by atoms with Gasteiger partial charge in [0.15, 0.2) is 5.96 Å². The van der Waals surface area contributed by atoms with E-state index >= 15 is 0 Å². The first-order chi connectivity index (χ1) is 10.6. The zero-order valence-electron chi connectivity index (χ0n) is 14.5. The van der Waals surface area contributed by atoms with Crippen LogP contribution in [0.25, 0.3) is 0 Å². The van der Waals surface area contributed by atoms with Crippen LogP contribution in [0.5, 0.6) is 0 Å². The molecule has 1 N–H and O–H groups in total. The molecule has 0 radical (unpaired) electrons. The molecule has 5 nitrogen and oxygen atoms in total. The topological polar surface area (TPSA) is 49.8 Å². The Balaban J connectivity index is 0.00000264. The molecule has 23 heavy (non-hydrogen) atoms. The number of guanidine groups is 1. The van der Waals surface area contributed by atoms with Crippen molar-refractivity contribution in [1.29, 1.82) is 0 Å². The molecule has 1 aliphatic heterocycles. The summed E-state index contributed by atoms with van der Waals surface area (Å²) < 4.78 is 5.46. The van der Waals surface area contributed by atoms with Crippen LogP contribution in [0.4, 0.5) is 0 Å². The monoisotopic (exact) mass is 452 g/mol. The highest BCUT2D eigenvalue weighted by atomic mass is 127. The molecule has 1 saturated heterocycles. The van der Waals surface area contributed by atoms with Gasteiger partial charge in [0.2, 0.25) is 0 Å². The van der Waals surface area contributed by atoms with Crippen LogP contribution < -0.4 is 5.32 Å². The molecule has 0 aromatic carbocycles. The molecule has 1 unspecified atom stereocenters. The predicted molar refractivity (Wildman–Crippen MR) is 108 cm³/mol. The fourth-order valence-corrected chi connectivity index (χ4v) is 3.31. The van der Waals surface area contributed by atoms with Gasteiger partial charge in [-0.1, -0.05) is 13.8 Å². The molecular formula is C16H29IN4OS. The standard InChI is InChI=1S/C16H28N4OS.HI/c1-5-17-16(20(4)9-13-6-7-21-10-13)18-8-14-11-22-15(19-14)12(2)3;/h11-13H,5-10H2,1-4H3,(H,17,18);1H. The number of hydrogen-bond donors (Lipinski definition) is 1. The summed E-state index contributed by atoms with van der Waals surface area (Å²) >= 11 is 1.73. The Morgan fingerprint density at radius 3 is 2.91 bits per heavy atom. The van der Waals surface area contributed by atoms with E-state index in [1.165, 1.54) is 5.01 Å². The fraction of sp³-hybridized carbons (Fsp3) is 0.750. The molecule has 0 spiro atoms.